The van der Waals surface area contributed by atoms with Crippen LogP contribution in [-0.2, 0) is 35.4 Å². The van der Waals surface area contributed by atoms with Crippen molar-refractivity contribution < 1.29 is 42.5 Å². The number of aliphatic hydroxyl groups excluding tert-OH is 2. The minimum Gasteiger partial charge on any atom is -0.483 e. The average Bonchev–Trinajstić information content (AvgIpc) is 3.56. The third-order valence-electron chi connectivity index (χ3n) is 7.81. The van der Waals surface area contributed by atoms with Gasteiger partial charge < -0.3 is 35.8 Å². The van der Waals surface area contributed by atoms with Gasteiger partial charge in [0.1, 0.15) is 27.7 Å². The molecule has 5 N–H and O–H groups in total. The Morgan fingerprint density at radius 3 is 2.37 bits per heavy atom. The molecule has 4 amide bonds. The van der Waals surface area contributed by atoms with Crippen molar-refractivity contribution in [2.75, 3.05) is 36.9 Å². The van der Waals surface area contributed by atoms with Crippen LogP contribution in [0.15, 0.2) is 72.8 Å². The molecule has 1 aliphatic heterocycles. The van der Waals surface area contributed by atoms with Gasteiger partial charge in [0.05, 0.1) is 29.8 Å². The summed E-state index contributed by atoms with van der Waals surface area (Å²) in [5.74, 6) is -3.00. The molecule has 0 aliphatic carbocycles. The fraction of sp³-hybridized carbons (Fsp3) is 0.412. The van der Waals surface area contributed by atoms with Crippen molar-refractivity contribution >= 4 is 56.0 Å². The molecule has 3 aromatic rings. The van der Waals surface area contributed by atoms with Crippen LogP contribution in [0.2, 0.25) is 0 Å². The molecule has 1 fully saturated rings. The van der Waals surface area contributed by atoms with Gasteiger partial charge in [-0.1, -0.05) is 66.7 Å². The lowest BCUT2D eigenvalue weighted by Crippen LogP contribution is -2.60. The maximum atomic E-state index is 13.7. The van der Waals surface area contributed by atoms with Crippen LogP contribution >= 0.6 is 11.8 Å². The minimum absolute atomic E-state index is 0.0292. The molecule has 3 aromatic carbocycles. The Morgan fingerprint density at radius 1 is 1.00 bits per heavy atom. The number of hydrogen-bond acceptors (Lipinski definition) is 10. The number of carbonyl (C=O) groups is 4. The molecule has 15 heteroatoms. The minimum atomic E-state index is -3.81. The number of sulfone groups is 1. The summed E-state index contributed by atoms with van der Waals surface area (Å²) in [5, 5.41) is 30.4. The van der Waals surface area contributed by atoms with Crippen molar-refractivity contribution in [1.29, 1.82) is 0 Å². The van der Waals surface area contributed by atoms with Gasteiger partial charge in [0.25, 0.3) is 11.8 Å². The van der Waals surface area contributed by atoms with Gasteiger partial charge in [0.2, 0.25) is 11.8 Å². The largest absolute Gasteiger partial charge is 0.483 e. The van der Waals surface area contributed by atoms with Crippen molar-refractivity contribution in [3.05, 3.63) is 78.4 Å². The number of rotatable bonds is 15. The maximum Gasteiger partial charge on any atom is 0.258 e. The van der Waals surface area contributed by atoms with Crippen LogP contribution in [0.1, 0.15) is 19.4 Å². The van der Waals surface area contributed by atoms with Crippen molar-refractivity contribution in [2.24, 2.45) is 0 Å². The Balaban J connectivity index is 1.51. The third-order valence-corrected chi connectivity index (χ3v) is 9.77. The predicted octanol–water partition coefficient (Wildman–Crippen LogP) is 0.625. The Hall–Kier alpha value is -4.18. The second-order valence-electron chi connectivity index (χ2n) is 12.6. The summed E-state index contributed by atoms with van der Waals surface area (Å²) in [6, 6.07) is 17.7. The number of fused-ring (bicyclic) bond motifs is 1. The van der Waals surface area contributed by atoms with E-state index in [1.54, 1.807) is 56.3 Å². The fourth-order valence-electron chi connectivity index (χ4n) is 5.25. The molecule has 0 aromatic heterocycles. The van der Waals surface area contributed by atoms with Crippen molar-refractivity contribution in [2.45, 2.75) is 50.0 Å². The first-order valence-electron chi connectivity index (χ1n) is 15.6. The highest BCUT2D eigenvalue weighted by Gasteiger charge is 2.41. The molecule has 4 atom stereocenters. The normalized spacial score (nSPS) is 16.8. The highest BCUT2D eigenvalue weighted by molar-refractivity contribution is 7.99. The lowest BCUT2D eigenvalue weighted by molar-refractivity contribution is -0.147. The van der Waals surface area contributed by atoms with Gasteiger partial charge in [-0.2, -0.15) is 0 Å². The second kappa shape index (κ2) is 16.5. The van der Waals surface area contributed by atoms with E-state index in [0.717, 1.165) is 17.0 Å². The van der Waals surface area contributed by atoms with E-state index in [1.165, 1.54) is 16.7 Å². The molecule has 49 heavy (non-hydrogen) atoms. The standard InChI is InChI=1S/C34H42N4O9S2/c1-34(2,20-39)37-32(43)27-18-48-21-38(27)33(44)30(41)25(16-22-10-5-4-6-11-22)36-31(42)26(19-49(3,45)46)35-29(40)17-47-28-15-9-13-23-12-7-8-14-24(23)28/h4-15,25-27,30,39,41H,16-21H2,1-3H3,(H,35,40)(H,36,42)(H,37,43)/t25-,26-,27-,30-/m0/s1. The molecule has 264 valence electrons. The highest BCUT2D eigenvalue weighted by atomic mass is 32.2. The topological polar surface area (TPSA) is 191 Å². The quantitative estimate of drug-likeness (QED) is 0.149. The van der Waals surface area contributed by atoms with Gasteiger partial charge in [-0.25, -0.2) is 8.42 Å². The summed E-state index contributed by atoms with van der Waals surface area (Å²) in [6.07, 6.45) is -0.952. The van der Waals surface area contributed by atoms with E-state index in [0.29, 0.717) is 11.3 Å². The van der Waals surface area contributed by atoms with Crippen LogP contribution in [0, 0.1) is 0 Å². The summed E-state index contributed by atoms with van der Waals surface area (Å²) < 4.78 is 30.4. The average molecular weight is 715 g/mol. The number of ether oxygens (including phenoxy) is 1. The summed E-state index contributed by atoms with van der Waals surface area (Å²) >= 11 is 1.31. The molecule has 0 bridgehead atoms. The molecular weight excluding hydrogens is 673 g/mol. The monoisotopic (exact) mass is 714 g/mol. The van der Waals surface area contributed by atoms with E-state index in [-0.39, 0.29) is 24.7 Å². The van der Waals surface area contributed by atoms with E-state index in [9.17, 15) is 37.8 Å². The van der Waals surface area contributed by atoms with E-state index in [4.69, 9.17) is 4.74 Å². The van der Waals surface area contributed by atoms with Crippen LogP contribution in [0.4, 0.5) is 0 Å². The summed E-state index contributed by atoms with van der Waals surface area (Å²) in [5.41, 5.74) is -0.290. The second-order valence-corrected chi connectivity index (χ2v) is 15.8. The van der Waals surface area contributed by atoms with Gasteiger partial charge in [-0.15, -0.1) is 11.8 Å². The fourth-order valence-corrected chi connectivity index (χ4v) is 7.26. The number of amides is 4. The predicted molar refractivity (Wildman–Crippen MR) is 186 cm³/mol. The zero-order valence-electron chi connectivity index (χ0n) is 27.5. The van der Waals surface area contributed by atoms with Crippen LogP contribution in [0.5, 0.6) is 5.75 Å². The Bertz CT molecular complexity index is 1750. The molecule has 0 saturated carbocycles. The first kappa shape index (κ1) is 37.6. The maximum absolute atomic E-state index is 13.7. The Kier molecular flexibility index (Phi) is 12.7. The zero-order chi connectivity index (χ0) is 35.8. The van der Waals surface area contributed by atoms with Crippen LogP contribution in [0.3, 0.4) is 0 Å². The molecular formula is C34H42N4O9S2. The molecule has 13 nitrogen and oxygen atoms in total. The van der Waals surface area contributed by atoms with Gasteiger partial charge in [-0.05, 0) is 37.3 Å². The molecule has 0 radical (unpaired) electrons. The molecule has 1 saturated heterocycles. The van der Waals surface area contributed by atoms with Crippen LogP contribution in [0.25, 0.3) is 10.8 Å². The number of nitrogens with zero attached hydrogens (tertiary/aromatic N) is 1. The smallest absolute Gasteiger partial charge is 0.258 e. The number of thioether (sulfide) groups is 1. The van der Waals surface area contributed by atoms with Crippen molar-refractivity contribution in [3.63, 3.8) is 0 Å². The van der Waals surface area contributed by atoms with Gasteiger partial charge in [0.15, 0.2) is 12.7 Å². The number of benzene rings is 3. The summed E-state index contributed by atoms with van der Waals surface area (Å²) in [6.45, 7) is 2.40. The lowest BCUT2D eigenvalue weighted by atomic mass is 9.99. The zero-order valence-corrected chi connectivity index (χ0v) is 29.1. The number of nitrogens with one attached hydrogen (secondary N) is 3. The van der Waals surface area contributed by atoms with Crippen molar-refractivity contribution in [3.8, 4) is 5.75 Å². The van der Waals surface area contributed by atoms with Crippen LogP contribution < -0.4 is 20.7 Å². The molecule has 0 unspecified atom stereocenters. The first-order valence-corrected chi connectivity index (χ1v) is 18.8. The molecule has 0 spiro atoms. The molecule has 1 heterocycles. The van der Waals surface area contributed by atoms with Gasteiger partial charge in [0, 0.05) is 17.4 Å². The Morgan fingerprint density at radius 2 is 1.67 bits per heavy atom. The lowest BCUT2D eigenvalue weighted by Gasteiger charge is -2.32. The van der Waals surface area contributed by atoms with E-state index in [1.807, 2.05) is 30.3 Å². The number of aliphatic hydroxyl groups is 2. The van der Waals surface area contributed by atoms with Gasteiger partial charge in [-0.3, -0.25) is 19.2 Å². The molecule has 1 aliphatic rings. The van der Waals surface area contributed by atoms with Crippen molar-refractivity contribution in [1.82, 2.24) is 20.9 Å². The number of hydrogen-bond donors (Lipinski definition) is 5. The Labute approximate surface area is 289 Å². The first-order chi connectivity index (χ1) is 23.2. The van der Waals surface area contributed by atoms with Gasteiger partial charge >= 0.3 is 0 Å². The van der Waals surface area contributed by atoms with E-state index in [2.05, 4.69) is 16.0 Å². The van der Waals surface area contributed by atoms with E-state index < -0.39 is 75.6 Å². The summed E-state index contributed by atoms with van der Waals surface area (Å²) in [7, 11) is -3.81. The summed E-state index contributed by atoms with van der Waals surface area (Å²) in [4.78, 5) is 54.6. The molecule has 4 rings (SSSR count). The van der Waals surface area contributed by atoms with E-state index >= 15 is 0 Å². The SMILES string of the molecule is CC(C)(CO)NC(=O)[C@@H]1CSCN1C(=O)[C@@H](O)[C@H](Cc1ccccc1)NC(=O)[C@H](CS(C)(=O)=O)NC(=O)COc1cccc2ccccc12. The third kappa shape index (κ3) is 10.7. The highest BCUT2D eigenvalue weighted by Crippen LogP contribution is 2.26. The van der Waals surface area contributed by atoms with Crippen LogP contribution in [-0.4, -0.2) is 114 Å². The number of carbonyl (C=O) groups excluding carboxylic acids is 4.